The Morgan fingerprint density at radius 2 is 1.73 bits per heavy atom. The lowest BCUT2D eigenvalue weighted by Crippen LogP contribution is -2.18. The van der Waals surface area contributed by atoms with Crippen LogP contribution in [0.4, 0.5) is 0 Å². The molecule has 0 aliphatic rings. The molecule has 0 heterocycles. The molecule has 1 rings (SSSR count). The third-order valence-electron chi connectivity index (χ3n) is 2.55. The van der Waals surface area contributed by atoms with Gasteiger partial charge in [-0.25, -0.2) is 0 Å². The Morgan fingerprint density at radius 3 is 2.13 bits per heavy atom. The van der Waals surface area contributed by atoms with Gasteiger partial charge in [0.1, 0.15) is 0 Å². The highest BCUT2D eigenvalue weighted by atomic mass is 16.1. The Morgan fingerprint density at radius 1 is 1.20 bits per heavy atom. The first-order valence-electron chi connectivity index (χ1n) is 5.39. The molecular weight excluding hydrogens is 186 g/mol. The molecule has 82 valence electrons. The summed E-state index contributed by atoms with van der Waals surface area (Å²) in [5, 5.41) is 0. The smallest absolute Gasteiger partial charge is 0.224 e. The molecule has 0 fully saturated rings. The van der Waals surface area contributed by atoms with Crippen LogP contribution in [0.2, 0.25) is 0 Å². The average Bonchev–Trinajstić information content (AvgIpc) is 2.17. The Bertz CT molecular complexity index is 327. The molecule has 1 unspecified atom stereocenters. The van der Waals surface area contributed by atoms with Crippen molar-refractivity contribution in [3.8, 4) is 0 Å². The van der Waals surface area contributed by atoms with Crippen molar-refractivity contribution in [2.75, 3.05) is 0 Å². The lowest BCUT2D eigenvalue weighted by molar-refractivity contribution is -0.119. The minimum absolute atomic E-state index is 0.196. The van der Waals surface area contributed by atoms with Crippen molar-refractivity contribution in [2.24, 2.45) is 11.7 Å². The summed E-state index contributed by atoms with van der Waals surface area (Å²) in [6, 6.07) is 8.14. The van der Waals surface area contributed by atoms with Gasteiger partial charge in [0.2, 0.25) is 5.91 Å². The van der Waals surface area contributed by atoms with Crippen LogP contribution in [0.25, 0.3) is 0 Å². The van der Waals surface area contributed by atoms with Gasteiger partial charge in [0.15, 0.2) is 0 Å². The Kier molecular flexibility index (Phi) is 3.89. The number of carbonyl (C=O) groups is 1. The second kappa shape index (κ2) is 4.96. The summed E-state index contributed by atoms with van der Waals surface area (Å²) < 4.78 is 0. The summed E-state index contributed by atoms with van der Waals surface area (Å²) >= 11 is 0. The number of amides is 1. The van der Waals surface area contributed by atoms with E-state index in [0.29, 0.717) is 5.92 Å². The van der Waals surface area contributed by atoms with Crippen molar-refractivity contribution in [2.45, 2.75) is 33.1 Å². The highest BCUT2D eigenvalue weighted by Gasteiger charge is 2.10. The van der Waals surface area contributed by atoms with Crippen LogP contribution in [0.1, 0.15) is 37.8 Å². The summed E-state index contributed by atoms with van der Waals surface area (Å²) in [4.78, 5) is 11.0. The van der Waals surface area contributed by atoms with Crippen molar-refractivity contribution in [1.29, 1.82) is 0 Å². The number of rotatable bonds is 4. The number of nitrogens with two attached hydrogens (primary N) is 1. The molecule has 0 aliphatic heterocycles. The zero-order chi connectivity index (χ0) is 11.4. The van der Waals surface area contributed by atoms with E-state index in [1.54, 1.807) is 0 Å². The van der Waals surface area contributed by atoms with Gasteiger partial charge in [-0.3, -0.25) is 4.79 Å². The summed E-state index contributed by atoms with van der Waals surface area (Å²) in [6.45, 7) is 6.22. The quantitative estimate of drug-likeness (QED) is 0.806. The van der Waals surface area contributed by atoms with Crippen LogP contribution in [-0.2, 0) is 11.2 Å². The van der Waals surface area contributed by atoms with Crippen LogP contribution in [0.15, 0.2) is 24.3 Å². The van der Waals surface area contributed by atoms with E-state index in [4.69, 9.17) is 5.73 Å². The number of benzene rings is 1. The predicted molar refractivity (Wildman–Crippen MR) is 62.6 cm³/mol. The average molecular weight is 205 g/mol. The lowest BCUT2D eigenvalue weighted by atomic mass is 9.96. The molecule has 0 spiro atoms. The number of hydrogen-bond acceptors (Lipinski definition) is 1. The molecule has 1 atom stereocenters. The molecule has 0 aromatic heterocycles. The predicted octanol–water partition coefficient (Wildman–Crippen LogP) is 2.47. The van der Waals surface area contributed by atoms with E-state index in [1.807, 2.05) is 19.1 Å². The molecule has 2 nitrogen and oxygen atoms in total. The second-order valence-corrected chi connectivity index (χ2v) is 4.46. The van der Waals surface area contributed by atoms with Gasteiger partial charge in [0, 0.05) is 0 Å². The summed E-state index contributed by atoms with van der Waals surface area (Å²) in [5.74, 6) is 0.189. The monoisotopic (exact) mass is 205 g/mol. The highest BCUT2D eigenvalue weighted by molar-refractivity contribution is 5.81. The van der Waals surface area contributed by atoms with Crippen LogP contribution < -0.4 is 5.73 Å². The maximum atomic E-state index is 11.0. The van der Waals surface area contributed by atoms with Crippen molar-refractivity contribution < 1.29 is 4.79 Å². The SMILES string of the molecule is CC(C)Cc1ccc(C(C)C(N)=O)cc1. The van der Waals surface area contributed by atoms with Crippen molar-refractivity contribution >= 4 is 5.91 Å². The molecule has 2 heteroatoms. The molecule has 1 aromatic carbocycles. The first kappa shape index (κ1) is 11.8. The van der Waals surface area contributed by atoms with Crippen LogP contribution in [-0.4, -0.2) is 5.91 Å². The Hall–Kier alpha value is -1.31. The molecule has 2 N–H and O–H groups in total. The molecule has 0 radical (unpaired) electrons. The zero-order valence-corrected chi connectivity index (χ0v) is 9.66. The largest absolute Gasteiger partial charge is 0.369 e. The molecule has 1 aromatic rings. The van der Waals surface area contributed by atoms with Crippen molar-refractivity contribution in [1.82, 2.24) is 0 Å². The van der Waals surface area contributed by atoms with E-state index in [2.05, 4.69) is 26.0 Å². The third kappa shape index (κ3) is 3.39. The first-order valence-corrected chi connectivity index (χ1v) is 5.39. The number of hydrogen-bond donors (Lipinski definition) is 1. The van der Waals surface area contributed by atoms with Gasteiger partial charge in [-0.1, -0.05) is 38.1 Å². The van der Waals surface area contributed by atoms with Crippen molar-refractivity contribution in [3.63, 3.8) is 0 Å². The van der Waals surface area contributed by atoms with Gasteiger partial charge in [0.25, 0.3) is 0 Å². The van der Waals surface area contributed by atoms with Gasteiger partial charge >= 0.3 is 0 Å². The van der Waals surface area contributed by atoms with E-state index in [1.165, 1.54) is 5.56 Å². The van der Waals surface area contributed by atoms with Gasteiger partial charge in [-0.05, 0) is 30.4 Å². The lowest BCUT2D eigenvalue weighted by Gasteiger charge is -2.09. The molecule has 0 aliphatic carbocycles. The van der Waals surface area contributed by atoms with Gasteiger partial charge in [-0.15, -0.1) is 0 Å². The maximum Gasteiger partial charge on any atom is 0.224 e. The van der Waals surface area contributed by atoms with Crippen LogP contribution >= 0.6 is 0 Å². The van der Waals surface area contributed by atoms with Crippen LogP contribution in [0, 0.1) is 5.92 Å². The van der Waals surface area contributed by atoms with Gasteiger partial charge in [0.05, 0.1) is 5.92 Å². The standard InChI is InChI=1S/C13H19NO/c1-9(2)8-11-4-6-12(7-5-11)10(3)13(14)15/h4-7,9-10H,8H2,1-3H3,(H2,14,15). The summed E-state index contributed by atoms with van der Waals surface area (Å²) in [7, 11) is 0. The van der Waals surface area contributed by atoms with E-state index < -0.39 is 0 Å². The fourth-order valence-electron chi connectivity index (χ4n) is 1.58. The highest BCUT2D eigenvalue weighted by Crippen LogP contribution is 2.16. The number of carbonyl (C=O) groups excluding carboxylic acids is 1. The van der Waals surface area contributed by atoms with Gasteiger partial charge < -0.3 is 5.73 Å². The minimum atomic E-state index is -0.272. The zero-order valence-electron chi connectivity index (χ0n) is 9.66. The molecule has 15 heavy (non-hydrogen) atoms. The molecule has 0 bridgehead atoms. The van der Waals surface area contributed by atoms with E-state index in [9.17, 15) is 4.79 Å². The van der Waals surface area contributed by atoms with Gasteiger partial charge in [-0.2, -0.15) is 0 Å². The van der Waals surface area contributed by atoms with E-state index in [0.717, 1.165) is 12.0 Å². The fourth-order valence-corrected chi connectivity index (χ4v) is 1.58. The third-order valence-corrected chi connectivity index (χ3v) is 2.55. The molecule has 0 saturated carbocycles. The number of primary amides is 1. The Labute approximate surface area is 91.5 Å². The van der Waals surface area contributed by atoms with Crippen molar-refractivity contribution in [3.05, 3.63) is 35.4 Å². The fraction of sp³-hybridized carbons (Fsp3) is 0.462. The minimum Gasteiger partial charge on any atom is -0.369 e. The topological polar surface area (TPSA) is 43.1 Å². The summed E-state index contributed by atoms with van der Waals surface area (Å²) in [5.41, 5.74) is 7.55. The van der Waals surface area contributed by atoms with E-state index in [-0.39, 0.29) is 11.8 Å². The maximum absolute atomic E-state index is 11.0. The summed E-state index contributed by atoms with van der Waals surface area (Å²) in [6.07, 6.45) is 1.07. The van der Waals surface area contributed by atoms with E-state index >= 15 is 0 Å². The Balaban J connectivity index is 2.76. The molecule has 1 amide bonds. The normalized spacial score (nSPS) is 12.8. The first-order chi connectivity index (χ1) is 7.00. The molecule has 0 saturated heterocycles. The van der Waals surface area contributed by atoms with Crippen LogP contribution in [0.5, 0.6) is 0 Å². The second-order valence-electron chi connectivity index (χ2n) is 4.46. The molecular formula is C13H19NO. The van der Waals surface area contributed by atoms with Crippen LogP contribution in [0.3, 0.4) is 0 Å².